The number of fused-ring (bicyclic) bond motifs is 1. The molecule has 1 aromatic heterocycles. The van der Waals surface area contributed by atoms with Crippen LogP contribution in [0.3, 0.4) is 0 Å². The predicted octanol–water partition coefficient (Wildman–Crippen LogP) is 4.19. The third-order valence-corrected chi connectivity index (χ3v) is 5.67. The summed E-state index contributed by atoms with van der Waals surface area (Å²) in [5, 5.41) is 1.52. The van der Waals surface area contributed by atoms with Crippen LogP contribution in [-0.4, -0.2) is 42.0 Å². The van der Waals surface area contributed by atoms with Crippen LogP contribution in [0.1, 0.15) is 10.4 Å². The summed E-state index contributed by atoms with van der Waals surface area (Å²) in [7, 11) is 0. The molecule has 0 bridgehead atoms. The summed E-state index contributed by atoms with van der Waals surface area (Å²) in [5.74, 6) is -2.28. The predicted molar refractivity (Wildman–Crippen MR) is 99.1 cm³/mol. The van der Waals surface area contributed by atoms with Gasteiger partial charge in [-0.3, -0.25) is 4.79 Å². The SMILES string of the molecule is O=C(c1c(F)cccc1F)N1CCN(c2nc3ccc(Cl)cc3s2)CC1. The minimum absolute atomic E-state index is 0.378. The van der Waals surface area contributed by atoms with E-state index in [2.05, 4.69) is 9.88 Å². The maximum Gasteiger partial charge on any atom is 0.259 e. The Morgan fingerprint density at radius 1 is 1.08 bits per heavy atom. The molecule has 3 aromatic rings. The number of halogens is 3. The van der Waals surface area contributed by atoms with Gasteiger partial charge >= 0.3 is 0 Å². The lowest BCUT2D eigenvalue weighted by Crippen LogP contribution is -2.49. The standard InChI is InChI=1S/C18H14ClF2N3OS/c19-11-4-5-14-15(10-11)26-18(22-14)24-8-6-23(7-9-24)17(25)16-12(20)2-1-3-13(16)21/h1-5,10H,6-9H2. The second-order valence-corrected chi connectivity index (χ2v) is 7.43. The van der Waals surface area contributed by atoms with Crippen molar-refractivity contribution in [3.05, 3.63) is 58.6 Å². The molecule has 1 aliphatic rings. The number of aromatic nitrogens is 1. The summed E-state index contributed by atoms with van der Waals surface area (Å²) in [6.07, 6.45) is 0. The Labute approximate surface area is 157 Å². The van der Waals surface area contributed by atoms with Gasteiger partial charge in [-0.25, -0.2) is 13.8 Å². The van der Waals surface area contributed by atoms with Crippen LogP contribution in [0, 0.1) is 11.6 Å². The van der Waals surface area contributed by atoms with Crippen LogP contribution in [0.2, 0.25) is 5.02 Å². The molecule has 0 saturated carbocycles. The van der Waals surface area contributed by atoms with E-state index in [0.717, 1.165) is 27.5 Å². The van der Waals surface area contributed by atoms with Gasteiger partial charge in [0.2, 0.25) is 0 Å². The molecule has 2 aromatic carbocycles. The molecule has 134 valence electrons. The Kier molecular flexibility index (Phi) is 4.50. The van der Waals surface area contributed by atoms with Crippen molar-refractivity contribution in [1.82, 2.24) is 9.88 Å². The van der Waals surface area contributed by atoms with E-state index < -0.39 is 23.1 Å². The second kappa shape index (κ2) is 6.81. The molecule has 0 spiro atoms. The van der Waals surface area contributed by atoms with E-state index in [0.29, 0.717) is 31.2 Å². The molecule has 0 unspecified atom stereocenters. The number of thiazole rings is 1. The van der Waals surface area contributed by atoms with E-state index in [1.807, 2.05) is 12.1 Å². The molecule has 1 fully saturated rings. The largest absolute Gasteiger partial charge is 0.345 e. The number of amides is 1. The summed E-state index contributed by atoms with van der Waals surface area (Å²) in [4.78, 5) is 20.6. The number of carbonyl (C=O) groups is 1. The van der Waals surface area contributed by atoms with Gasteiger partial charge in [-0.2, -0.15) is 0 Å². The average Bonchev–Trinajstić information content (AvgIpc) is 3.04. The van der Waals surface area contributed by atoms with Crippen LogP contribution < -0.4 is 4.90 Å². The number of hydrogen-bond acceptors (Lipinski definition) is 4. The van der Waals surface area contributed by atoms with Gasteiger partial charge in [0.15, 0.2) is 5.13 Å². The minimum atomic E-state index is -0.833. The van der Waals surface area contributed by atoms with Gasteiger partial charge in [0.1, 0.15) is 17.2 Å². The first-order chi connectivity index (χ1) is 12.5. The maximum absolute atomic E-state index is 13.8. The van der Waals surface area contributed by atoms with Gasteiger partial charge in [-0.1, -0.05) is 29.0 Å². The van der Waals surface area contributed by atoms with Crippen LogP contribution in [-0.2, 0) is 0 Å². The highest BCUT2D eigenvalue weighted by Crippen LogP contribution is 2.31. The molecule has 1 aliphatic heterocycles. The summed E-state index contributed by atoms with van der Waals surface area (Å²) in [5.41, 5.74) is 0.386. The highest BCUT2D eigenvalue weighted by atomic mass is 35.5. The average molecular weight is 394 g/mol. The van der Waals surface area contributed by atoms with Crippen molar-refractivity contribution in [1.29, 1.82) is 0 Å². The van der Waals surface area contributed by atoms with Gasteiger partial charge in [0.05, 0.1) is 10.2 Å². The molecular weight excluding hydrogens is 380 g/mol. The Hall–Kier alpha value is -2.25. The molecule has 2 heterocycles. The highest BCUT2D eigenvalue weighted by Gasteiger charge is 2.27. The van der Waals surface area contributed by atoms with Crippen molar-refractivity contribution in [2.45, 2.75) is 0 Å². The molecule has 4 rings (SSSR count). The topological polar surface area (TPSA) is 36.4 Å². The first kappa shape index (κ1) is 17.2. The minimum Gasteiger partial charge on any atom is -0.345 e. The Bertz CT molecular complexity index is 965. The zero-order chi connectivity index (χ0) is 18.3. The van der Waals surface area contributed by atoms with Gasteiger partial charge in [0.25, 0.3) is 5.91 Å². The number of rotatable bonds is 2. The Morgan fingerprint density at radius 3 is 2.46 bits per heavy atom. The number of nitrogens with zero attached hydrogens (tertiary/aromatic N) is 3. The van der Waals surface area contributed by atoms with Crippen molar-refractivity contribution in [3.8, 4) is 0 Å². The molecule has 0 aliphatic carbocycles. The van der Waals surface area contributed by atoms with Gasteiger partial charge in [-0.15, -0.1) is 0 Å². The summed E-state index contributed by atoms with van der Waals surface area (Å²) in [6.45, 7) is 1.86. The third kappa shape index (κ3) is 3.12. The first-order valence-corrected chi connectivity index (χ1v) is 9.27. The van der Waals surface area contributed by atoms with Crippen molar-refractivity contribution in [3.63, 3.8) is 0 Å². The molecule has 8 heteroatoms. The molecule has 1 saturated heterocycles. The van der Waals surface area contributed by atoms with Crippen LogP contribution in [0.25, 0.3) is 10.2 Å². The quantitative estimate of drug-likeness (QED) is 0.655. The van der Waals surface area contributed by atoms with Crippen LogP contribution >= 0.6 is 22.9 Å². The van der Waals surface area contributed by atoms with Crippen LogP contribution in [0.15, 0.2) is 36.4 Å². The number of benzene rings is 2. The molecule has 0 atom stereocenters. The molecule has 0 N–H and O–H groups in total. The van der Waals surface area contributed by atoms with Gasteiger partial charge in [0, 0.05) is 31.2 Å². The van der Waals surface area contributed by atoms with Crippen molar-refractivity contribution < 1.29 is 13.6 Å². The van der Waals surface area contributed by atoms with E-state index in [4.69, 9.17) is 11.6 Å². The molecule has 4 nitrogen and oxygen atoms in total. The van der Waals surface area contributed by atoms with E-state index in [1.165, 1.54) is 22.3 Å². The Morgan fingerprint density at radius 2 is 1.77 bits per heavy atom. The van der Waals surface area contributed by atoms with E-state index in [9.17, 15) is 13.6 Å². The fourth-order valence-corrected chi connectivity index (χ4v) is 4.28. The molecule has 26 heavy (non-hydrogen) atoms. The van der Waals surface area contributed by atoms with Crippen LogP contribution in [0.5, 0.6) is 0 Å². The summed E-state index contributed by atoms with van der Waals surface area (Å²) in [6, 6.07) is 8.99. The lowest BCUT2D eigenvalue weighted by molar-refractivity contribution is 0.0737. The fourth-order valence-electron chi connectivity index (χ4n) is 2.98. The van der Waals surface area contributed by atoms with E-state index in [-0.39, 0.29) is 0 Å². The molecular formula is C18H14ClF2N3OS. The van der Waals surface area contributed by atoms with E-state index >= 15 is 0 Å². The second-order valence-electron chi connectivity index (χ2n) is 5.98. The number of hydrogen-bond donors (Lipinski definition) is 0. The fraction of sp³-hybridized carbons (Fsp3) is 0.222. The Balaban J connectivity index is 1.49. The van der Waals surface area contributed by atoms with Crippen molar-refractivity contribution in [2.24, 2.45) is 0 Å². The van der Waals surface area contributed by atoms with Crippen LogP contribution in [0.4, 0.5) is 13.9 Å². The third-order valence-electron chi connectivity index (χ3n) is 4.35. The number of anilines is 1. The summed E-state index contributed by atoms with van der Waals surface area (Å²) < 4.78 is 28.7. The molecule has 1 amide bonds. The van der Waals surface area contributed by atoms with Crippen molar-refractivity contribution >= 4 is 44.2 Å². The summed E-state index contributed by atoms with van der Waals surface area (Å²) >= 11 is 7.55. The zero-order valence-corrected chi connectivity index (χ0v) is 15.2. The lowest BCUT2D eigenvalue weighted by atomic mass is 10.1. The zero-order valence-electron chi connectivity index (χ0n) is 13.6. The first-order valence-electron chi connectivity index (χ1n) is 8.07. The smallest absolute Gasteiger partial charge is 0.259 e. The van der Waals surface area contributed by atoms with Gasteiger partial charge in [-0.05, 0) is 30.3 Å². The maximum atomic E-state index is 13.8. The monoisotopic (exact) mass is 393 g/mol. The molecule has 0 radical (unpaired) electrons. The highest BCUT2D eigenvalue weighted by molar-refractivity contribution is 7.22. The van der Waals surface area contributed by atoms with Gasteiger partial charge < -0.3 is 9.80 Å². The number of piperazine rings is 1. The van der Waals surface area contributed by atoms with E-state index in [1.54, 1.807) is 6.07 Å². The number of carbonyl (C=O) groups excluding carboxylic acids is 1. The normalized spacial score (nSPS) is 14.9. The lowest BCUT2D eigenvalue weighted by Gasteiger charge is -2.34. The van der Waals surface area contributed by atoms with Crippen molar-refractivity contribution in [2.75, 3.05) is 31.1 Å².